The van der Waals surface area contributed by atoms with E-state index in [1.807, 2.05) is 19.9 Å². The summed E-state index contributed by atoms with van der Waals surface area (Å²) in [4.78, 5) is 26.7. The Hall–Kier alpha value is -2.56. The van der Waals surface area contributed by atoms with E-state index in [1.165, 1.54) is 0 Å². The molecule has 0 spiro atoms. The number of aromatic nitrogens is 1. The molecule has 0 aliphatic carbocycles. The second-order valence-electron chi connectivity index (χ2n) is 4.95. The van der Waals surface area contributed by atoms with Crippen molar-refractivity contribution in [3.05, 3.63) is 52.8 Å². The van der Waals surface area contributed by atoms with Crippen molar-refractivity contribution in [2.75, 3.05) is 13.2 Å². The molecule has 0 radical (unpaired) electrons. The molecule has 1 aromatic heterocycles. The number of rotatable bonds is 6. The van der Waals surface area contributed by atoms with Gasteiger partial charge < -0.3 is 14.5 Å². The van der Waals surface area contributed by atoms with Crippen LogP contribution in [0.4, 0.5) is 0 Å². The van der Waals surface area contributed by atoms with Gasteiger partial charge in [0.25, 0.3) is 0 Å². The summed E-state index contributed by atoms with van der Waals surface area (Å²) in [5, 5.41) is 0. The zero-order valence-electron chi connectivity index (χ0n) is 12.9. The third-order valence-electron chi connectivity index (χ3n) is 3.19. The van der Waals surface area contributed by atoms with Gasteiger partial charge in [-0.2, -0.15) is 0 Å². The lowest BCUT2D eigenvalue weighted by molar-refractivity contribution is 0.0526. The van der Waals surface area contributed by atoms with Crippen LogP contribution in [-0.4, -0.2) is 30.0 Å². The number of hydrogen-bond donors (Lipinski definition) is 1. The van der Waals surface area contributed by atoms with Crippen LogP contribution in [0.3, 0.4) is 0 Å². The molecule has 0 aliphatic heterocycles. The molecule has 1 N–H and O–H groups in total. The van der Waals surface area contributed by atoms with Gasteiger partial charge in [0.05, 0.1) is 12.2 Å². The minimum absolute atomic E-state index is 0.0448. The topological polar surface area (TPSA) is 68.4 Å². The number of benzene rings is 1. The maximum absolute atomic E-state index is 12.1. The number of ketones is 1. The molecule has 116 valence electrons. The summed E-state index contributed by atoms with van der Waals surface area (Å²) in [5.74, 6) is 0.0752. The van der Waals surface area contributed by atoms with Gasteiger partial charge in [0.15, 0.2) is 6.61 Å². The Bertz CT molecular complexity index is 670. The average molecular weight is 301 g/mol. The van der Waals surface area contributed by atoms with Crippen molar-refractivity contribution in [3.63, 3.8) is 0 Å². The van der Waals surface area contributed by atoms with E-state index in [0.29, 0.717) is 23.5 Å². The monoisotopic (exact) mass is 301 g/mol. The molecular weight excluding hydrogens is 282 g/mol. The van der Waals surface area contributed by atoms with Gasteiger partial charge in [-0.1, -0.05) is 0 Å². The van der Waals surface area contributed by atoms with Crippen LogP contribution in [0.1, 0.15) is 39.0 Å². The highest BCUT2D eigenvalue weighted by Crippen LogP contribution is 2.15. The highest BCUT2D eigenvalue weighted by Gasteiger charge is 2.12. The number of nitrogens with one attached hydrogen (secondary N) is 1. The van der Waals surface area contributed by atoms with Crippen LogP contribution >= 0.6 is 0 Å². The van der Waals surface area contributed by atoms with Gasteiger partial charge in [0, 0.05) is 17.0 Å². The largest absolute Gasteiger partial charge is 0.485 e. The first-order valence-corrected chi connectivity index (χ1v) is 7.10. The summed E-state index contributed by atoms with van der Waals surface area (Å²) < 4.78 is 10.4. The molecule has 1 heterocycles. The van der Waals surface area contributed by atoms with Crippen molar-refractivity contribution >= 4 is 11.8 Å². The number of H-pyrrole nitrogens is 1. The first-order valence-electron chi connectivity index (χ1n) is 7.10. The number of ether oxygens (including phenoxy) is 2. The lowest BCUT2D eigenvalue weighted by Gasteiger charge is -2.06. The third kappa shape index (κ3) is 3.75. The summed E-state index contributed by atoms with van der Waals surface area (Å²) in [6.07, 6.45) is 0. The predicted molar refractivity (Wildman–Crippen MR) is 82.5 cm³/mol. The SMILES string of the molecule is CCOC(=O)c1ccc(OCC(=O)c2cc(C)[nH]c2C)cc1. The van der Waals surface area contributed by atoms with Crippen molar-refractivity contribution in [1.82, 2.24) is 4.98 Å². The molecule has 22 heavy (non-hydrogen) atoms. The molecule has 0 atom stereocenters. The Morgan fingerprint density at radius 1 is 1.14 bits per heavy atom. The van der Waals surface area contributed by atoms with Gasteiger partial charge in [-0.25, -0.2) is 4.79 Å². The van der Waals surface area contributed by atoms with Crippen molar-refractivity contribution < 1.29 is 19.1 Å². The predicted octanol–water partition coefficient (Wildman–Crippen LogP) is 3.07. The van der Waals surface area contributed by atoms with E-state index in [0.717, 1.165) is 11.4 Å². The minimum Gasteiger partial charge on any atom is -0.485 e. The fraction of sp³-hybridized carbons (Fsp3) is 0.294. The highest BCUT2D eigenvalue weighted by atomic mass is 16.5. The number of carbonyl (C=O) groups is 2. The summed E-state index contributed by atoms with van der Waals surface area (Å²) >= 11 is 0. The van der Waals surface area contributed by atoms with Crippen molar-refractivity contribution in [2.45, 2.75) is 20.8 Å². The van der Waals surface area contributed by atoms with E-state index < -0.39 is 0 Å². The number of aryl methyl sites for hydroxylation is 2. The lowest BCUT2D eigenvalue weighted by Crippen LogP contribution is -2.12. The van der Waals surface area contributed by atoms with E-state index in [9.17, 15) is 9.59 Å². The van der Waals surface area contributed by atoms with Gasteiger partial charge in [-0.05, 0) is 51.1 Å². The summed E-state index contributed by atoms with van der Waals surface area (Å²) in [7, 11) is 0. The zero-order chi connectivity index (χ0) is 16.1. The smallest absolute Gasteiger partial charge is 0.338 e. The van der Waals surface area contributed by atoms with Gasteiger partial charge in [0.1, 0.15) is 5.75 Å². The molecule has 2 rings (SSSR count). The Labute approximate surface area is 129 Å². The van der Waals surface area contributed by atoms with Crippen LogP contribution < -0.4 is 4.74 Å². The second kappa shape index (κ2) is 6.93. The molecule has 0 unspecified atom stereocenters. The Balaban J connectivity index is 1.96. The molecule has 0 aliphatic rings. The standard InChI is InChI=1S/C17H19NO4/c1-4-21-17(20)13-5-7-14(8-6-13)22-10-16(19)15-9-11(2)18-12(15)3/h5-9,18H,4,10H2,1-3H3. The van der Waals surface area contributed by atoms with Crippen molar-refractivity contribution in [2.24, 2.45) is 0 Å². The van der Waals surface area contributed by atoms with E-state index >= 15 is 0 Å². The van der Waals surface area contributed by atoms with Gasteiger partial charge in [-0.15, -0.1) is 0 Å². The van der Waals surface area contributed by atoms with Crippen LogP contribution in [-0.2, 0) is 4.74 Å². The highest BCUT2D eigenvalue weighted by molar-refractivity contribution is 5.98. The molecule has 5 heteroatoms. The summed E-state index contributed by atoms with van der Waals surface area (Å²) in [6, 6.07) is 8.33. The van der Waals surface area contributed by atoms with Crippen LogP contribution in [0.15, 0.2) is 30.3 Å². The van der Waals surface area contributed by atoms with Gasteiger partial charge in [-0.3, -0.25) is 4.79 Å². The lowest BCUT2D eigenvalue weighted by atomic mass is 10.1. The molecule has 0 amide bonds. The van der Waals surface area contributed by atoms with Gasteiger partial charge in [0.2, 0.25) is 5.78 Å². The Morgan fingerprint density at radius 2 is 1.82 bits per heavy atom. The average Bonchev–Trinajstić information content (AvgIpc) is 2.84. The van der Waals surface area contributed by atoms with Crippen molar-refractivity contribution in [3.8, 4) is 5.75 Å². The fourth-order valence-electron chi connectivity index (χ4n) is 2.14. The van der Waals surface area contributed by atoms with E-state index in [-0.39, 0.29) is 18.4 Å². The normalized spacial score (nSPS) is 10.3. The molecule has 0 bridgehead atoms. The molecular formula is C17H19NO4. The fourth-order valence-corrected chi connectivity index (χ4v) is 2.14. The zero-order valence-corrected chi connectivity index (χ0v) is 12.9. The maximum Gasteiger partial charge on any atom is 0.338 e. The number of carbonyl (C=O) groups excluding carboxylic acids is 2. The molecule has 1 aromatic carbocycles. The van der Waals surface area contributed by atoms with E-state index in [2.05, 4.69) is 4.98 Å². The van der Waals surface area contributed by atoms with E-state index in [4.69, 9.17) is 9.47 Å². The quantitative estimate of drug-likeness (QED) is 0.657. The number of hydrogen-bond acceptors (Lipinski definition) is 4. The van der Waals surface area contributed by atoms with E-state index in [1.54, 1.807) is 31.2 Å². The Morgan fingerprint density at radius 3 is 2.36 bits per heavy atom. The minimum atomic E-state index is -0.372. The number of esters is 1. The van der Waals surface area contributed by atoms with Crippen LogP contribution in [0.5, 0.6) is 5.75 Å². The molecule has 5 nitrogen and oxygen atoms in total. The summed E-state index contributed by atoms with van der Waals surface area (Å²) in [6.45, 7) is 5.80. The number of Topliss-reactive ketones (excluding diaryl/α,β-unsaturated/α-hetero) is 1. The molecule has 2 aromatic rings. The van der Waals surface area contributed by atoms with Crippen LogP contribution in [0.2, 0.25) is 0 Å². The van der Waals surface area contributed by atoms with Gasteiger partial charge >= 0.3 is 5.97 Å². The van der Waals surface area contributed by atoms with Crippen LogP contribution in [0.25, 0.3) is 0 Å². The van der Waals surface area contributed by atoms with Crippen molar-refractivity contribution in [1.29, 1.82) is 0 Å². The first-order chi connectivity index (χ1) is 10.5. The molecule has 0 saturated carbocycles. The summed E-state index contributed by atoms with van der Waals surface area (Å²) in [5.41, 5.74) is 2.88. The second-order valence-corrected chi connectivity index (χ2v) is 4.95. The van der Waals surface area contributed by atoms with Crippen LogP contribution in [0, 0.1) is 13.8 Å². The molecule has 0 fully saturated rings. The third-order valence-corrected chi connectivity index (χ3v) is 3.19. The first kappa shape index (κ1) is 15.8. The Kier molecular flexibility index (Phi) is 4.99. The number of aromatic amines is 1. The maximum atomic E-state index is 12.1. The molecule has 0 saturated heterocycles.